The highest BCUT2D eigenvalue weighted by atomic mass is 79.9. The Bertz CT molecular complexity index is 261. The summed E-state index contributed by atoms with van der Waals surface area (Å²) in [6.07, 6.45) is 0. The van der Waals surface area contributed by atoms with Crippen LogP contribution in [0.1, 0.15) is 12.5 Å². The van der Waals surface area contributed by atoms with E-state index in [4.69, 9.17) is 0 Å². The van der Waals surface area contributed by atoms with E-state index in [0.717, 1.165) is 10.2 Å². The molecule has 1 aromatic carbocycles. The second-order valence-electron chi connectivity index (χ2n) is 2.32. The van der Waals surface area contributed by atoms with E-state index in [0.29, 0.717) is 0 Å². The van der Waals surface area contributed by atoms with Gasteiger partial charge in [0, 0.05) is 17.2 Å². The third-order valence-corrected chi connectivity index (χ3v) is 2.13. The van der Waals surface area contributed by atoms with Gasteiger partial charge in [-0.1, -0.05) is 28.1 Å². The van der Waals surface area contributed by atoms with Crippen LogP contribution in [0.15, 0.2) is 33.7 Å². The van der Waals surface area contributed by atoms with E-state index >= 15 is 0 Å². The summed E-state index contributed by atoms with van der Waals surface area (Å²) in [6.45, 7) is 2.00. The lowest BCUT2D eigenvalue weighted by Gasteiger charge is -1.98. The van der Waals surface area contributed by atoms with E-state index in [-0.39, 0.29) is 0 Å². The van der Waals surface area contributed by atoms with Crippen molar-refractivity contribution in [2.45, 2.75) is 6.92 Å². The summed E-state index contributed by atoms with van der Waals surface area (Å²) in [5.74, 6) is 0. The monoisotopic (exact) mass is 211 g/mol. The first-order valence-corrected chi connectivity index (χ1v) is 4.22. The smallest absolute Gasteiger partial charge is 0.0386 e. The average Bonchev–Trinajstić information content (AvgIpc) is 2.05. The number of benzene rings is 1. The average molecular weight is 212 g/mol. The highest BCUT2D eigenvalue weighted by molar-refractivity contribution is 9.10. The first kappa shape index (κ1) is 8.47. The van der Waals surface area contributed by atoms with Gasteiger partial charge in [0.05, 0.1) is 0 Å². The molecule has 0 heterocycles. The molecule has 1 nitrogen and oxygen atoms in total. The van der Waals surface area contributed by atoms with E-state index < -0.39 is 0 Å². The summed E-state index contributed by atoms with van der Waals surface area (Å²) < 4.78 is 1.10. The van der Waals surface area contributed by atoms with Crippen molar-refractivity contribution in [1.82, 2.24) is 0 Å². The number of aliphatic imine (C=N–C) groups is 1. The standard InChI is InChI=1S/C9H10BrN/c1-7(11-2)8-3-5-9(10)6-4-8/h3-6H,1-2H3. The fourth-order valence-electron chi connectivity index (χ4n) is 0.820. The molecule has 0 N–H and O–H groups in total. The van der Waals surface area contributed by atoms with E-state index in [2.05, 4.69) is 20.9 Å². The molecule has 0 amide bonds. The summed E-state index contributed by atoms with van der Waals surface area (Å²) in [4.78, 5) is 4.09. The van der Waals surface area contributed by atoms with Gasteiger partial charge in [0.25, 0.3) is 0 Å². The molecule has 0 saturated heterocycles. The maximum atomic E-state index is 4.09. The third kappa shape index (κ3) is 2.15. The Kier molecular flexibility index (Phi) is 2.83. The van der Waals surface area contributed by atoms with Crippen molar-refractivity contribution in [2.24, 2.45) is 4.99 Å². The summed E-state index contributed by atoms with van der Waals surface area (Å²) in [6, 6.07) is 8.13. The van der Waals surface area contributed by atoms with Gasteiger partial charge in [-0.05, 0) is 24.6 Å². The van der Waals surface area contributed by atoms with Crippen molar-refractivity contribution in [3.63, 3.8) is 0 Å². The third-order valence-electron chi connectivity index (χ3n) is 1.60. The molecule has 0 fully saturated rings. The molecular formula is C9H10BrN. The van der Waals surface area contributed by atoms with Crippen molar-refractivity contribution in [3.05, 3.63) is 34.3 Å². The second-order valence-corrected chi connectivity index (χ2v) is 3.23. The maximum Gasteiger partial charge on any atom is 0.0386 e. The number of nitrogens with zero attached hydrogens (tertiary/aromatic N) is 1. The van der Waals surface area contributed by atoms with Gasteiger partial charge in [-0.25, -0.2) is 0 Å². The number of rotatable bonds is 1. The molecule has 0 bridgehead atoms. The zero-order valence-electron chi connectivity index (χ0n) is 6.63. The van der Waals surface area contributed by atoms with Gasteiger partial charge in [0.2, 0.25) is 0 Å². The minimum atomic E-state index is 1.07. The summed E-state index contributed by atoms with van der Waals surface area (Å²) in [7, 11) is 1.80. The van der Waals surface area contributed by atoms with Gasteiger partial charge in [-0.15, -0.1) is 0 Å². The Balaban J connectivity index is 2.99. The fourth-order valence-corrected chi connectivity index (χ4v) is 1.08. The molecule has 1 rings (SSSR count). The van der Waals surface area contributed by atoms with Gasteiger partial charge >= 0.3 is 0 Å². The number of halogens is 1. The molecule has 1 aromatic rings. The van der Waals surface area contributed by atoms with Gasteiger partial charge in [-0.2, -0.15) is 0 Å². The summed E-state index contributed by atoms with van der Waals surface area (Å²) in [5, 5.41) is 0. The Morgan fingerprint density at radius 3 is 2.27 bits per heavy atom. The highest BCUT2D eigenvalue weighted by Crippen LogP contribution is 2.10. The quantitative estimate of drug-likeness (QED) is 0.634. The van der Waals surface area contributed by atoms with Crippen molar-refractivity contribution in [2.75, 3.05) is 7.05 Å². The van der Waals surface area contributed by atoms with Crippen LogP contribution in [0.5, 0.6) is 0 Å². The molecule has 0 aliphatic carbocycles. The minimum Gasteiger partial charge on any atom is -0.293 e. The van der Waals surface area contributed by atoms with E-state index in [9.17, 15) is 0 Å². The molecule has 11 heavy (non-hydrogen) atoms. The largest absolute Gasteiger partial charge is 0.293 e. The molecule has 0 spiro atoms. The molecule has 0 unspecified atom stereocenters. The van der Waals surface area contributed by atoms with Gasteiger partial charge in [-0.3, -0.25) is 4.99 Å². The first-order valence-electron chi connectivity index (χ1n) is 3.43. The Morgan fingerprint density at radius 2 is 1.82 bits per heavy atom. The number of hydrogen-bond acceptors (Lipinski definition) is 1. The fraction of sp³-hybridized carbons (Fsp3) is 0.222. The Labute approximate surface area is 75.3 Å². The lowest BCUT2D eigenvalue weighted by Crippen LogP contribution is -1.92. The van der Waals surface area contributed by atoms with Gasteiger partial charge < -0.3 is 0 Å². The van der Waals surface area contributed by atoms with Crippen LogP contribution in [-0.4, -0.2) is 12.8 Å². The van der Waals surface area contributed by atoms with E-state index in [1.165, 1.54) is 5.56 Å². The van der Waals surface area contributed by atoms with Crippen LogP contribution >= 0.6 is 15.9 Å². The molecule has 2 heteroatoms. The van der Waals surface area contributed by atoms with Crippen LogP contribution in [0.3, 0.4) is 0 Å². The minimum absolute atomic E-state index is 1.07. The van der Waals surface area contributed by atoms with Crippen LogP contribution in [-0.2, 0) is 0 Å². The molecule has 0 aliphatic rings. The Morgan fingerprint density at radius 1 is 1.27 bits per heavy atom. The predicted octanol–water partition coefficient (Wildman–Crippen LogP) is 2.89. The van der Waals surface area contributed by atoms with Crippen LogP contribution in [0.25, 0.3) is 0 Å². The van der Waals surface area contributed by atoms with Crippen molar-refractivity contribution >= 4 is 21.6 Å². The van der Waals surface area contributed by atoms with E-state index in [1.54, 1.807) is 7.05 Å². The molecule has 0 radical (unpaired) electrons. The summed E-state index contributed by atoms with van der Waals surface area (Å²) in [5.41, 5.74) is 2.24. The topological polar surface area (TPSA) is 12.4 Å². The van der Waals surface area contributed by atoms with Crippen LogP contribution in [0.4, 0.5) is 0 Å². The maximum absolute atomic E-state index is 4.09. The zero-order chi connectivity index (χ0) is 8.27. The first-order chi connectivity index (χ1) is 5.24. The van der Waals surface area contributed by atoms with Gasteiger partial charge in [0.1, 0.15) is 0 Å². The molecule has 0 saturated carbocycles. The van der Waals surface area contributed by atoms with Crippen molar-refractivity contribution in [1.29, 1.82) is 0 Å². The zero-order valence-corrected chi connectivity index (χ0v) is 8.22. The van der Waals surface area contributed by atoms with Crippen LogP contribution in [0, 0.1) is 0 Å². The van der Waals surface area contributed by atoms with E-state index in [1.807, 2.05) is 31.2 Å². The second kappa shape index (κ2) is 3.67. The molecule has 0 aromatic heterocycles. The molecule has 58 valence electrons. The molecule has 0 atom stereocenters. The van der Waals surface area contributed by atoms with Crippen molar-refractivity contribution < 1.29 is 0 Å². The SMILES string of the molecule is CN=C(C)c1ccc(Br)cc1. The molecule has 0 aliphatic heterocycles. The number of hydrogen-bond donors (Lipinski definition) is 0. The normalized spacial score (nSPS) is 11.7. The lowest BCUT2D eigenvalue weighted by molar-refractivity contribution is 1.41. The van der Waals surface area contributed by atoms with Crippen molar-refractivity contribution in [3.8, 4) is 0 Å². The Hall–Kier alpha value is -0.630. The predicted molar refractivity (Wildman–Crippen MR) is 52.3 cm³/mol. The van der Waals surface area contributed by atoms with Gasteiger partial charge in [0.15, 0.2) is 0 Å². The molecular weight excluding hydrogens is 202 g/mol. The van der Waals surface area contributed by atoms with Crippen LogP contribution in [0.2, 0.25) is 0 Å². The van der Waals surface area contributed by atoms with Crippen LogP contribution < -0.4 is 0 Å². The highest BCUT2D eigenvalue weighted by Gasteiger charge is 1.93. The summed E-state index contributed by atoms with van der Waals surface area (Å²) >= 11 is 3.38. The lowest BCUT2D eigenvalue weighted by atomic mass is 10.1.